The summed E-state index contributed by atoms with van der Waals surface area (Å²) in [5.74, 6) is 0.0884. The van der Waals surface area contributed by atoms with Crippen LogP contribution < -0.4 is 4.90 Å². The number of fused-ring (bicyclic) bond motifs is 1. The molecule has 0 radical (unpaired) electrons. The monoisotopic (exact) mass is 276 g/mol. The molecule has 0 spiro atoms. The first kappa shape index (κ1) is 13.1. The van der Waals surface area contributed by atoms with Crippen molar-refractivity contribution in [1.82, 2.24) is 14.7 Å². The van der Waals surface area contributed by atoms with Gasteiger partial charge in [0.05, 0.1) is 11.4 Å². The van der Waals surface area contributed by atoms with Gasteiger partial charge in [0.15, 0.2) is 0 Å². The van der Waals surface area contributed by atoms with Crippen molar-refractivity contribution in [2.45, 2.75) is 45.2 Å². The van der Waals surface area contributed by atoms with Crippen molar-refractivity contribution in [2.24, 2.45) is 7.05 Å². The van der Waals surface area contributed by atoms with Gasteiger partial charge in [-0.25, -0.2) is 0 Å². The third-order valence-corrected chi connectivity index (χ3v) is 4.30. The van der Waals surface area contributed by atoms with Crippen LogP contribution in [-0.2, 0) is 16.6 Å². The quantitative estimate of drug-likeness (QED) is 0.764. The van der Waals surface area contributed by atoms with Crippen molar-refractivity contribution in [3.05, 3.63) is 11.9 Å². The molecule has 3 heterocycles. The number of aryl methyl sites for hydroxylation is 2. The van der Waals surface area contributed by atoms with Crippen LogP contribution in [0.2, 0.25) is 0 Å². The molecule has 20 heavy (non-hydrogen) atoms. The Balaban J connectivity index is 2.00. The fourth-order valence-electron chi connectivity index (χ4n) is 3.30. The predicted molar refractivity (Wildman–Crippen MR) is 74.2 cm³/mol. The third kappa shape index (κ3) is 1.82. The van der Waals surface area contributed by atoms with Gasteiger partial charge in [0.1, 0.15) is 12.1 Å². The average Bonchev–Trinajstić information content (AvgIpc) is 2.75. The van der Waals surface area contributed by atoms with E-state index in [1.807, 2.05) is 20.2 Å². The molecular formula is C14H20N4O2. The Morgan fingerprint density at radius 1 is 1.25 bits per heavy atom. The standard InChI is InChI=1S/C14H20N4O2/c1-9-12(8-16(3)15-9)18-10(2)13(19)17-7-5-4-6-11(17)14(18)20/h8,10-11H,4-7H2,1-3H3. The van der Waals surface area contributed by atoms with Gasteiger partial charge in [-0.2, -0.15) is 5.10 Å². The zero-order chi connectivity index (χ0) is 14.4. The van der Waals surface area contributed by atoms with E-state index in [1.165, 1.54) is 0 Å². The van der Waals surface area contributed by atoms with Crippen molar-refractivity contribution in [2.75, 3.05) is 11.4 Å². The first-order chi connectivity index (χ1) is 9.50. The van der Waals surface area contributed by atoms with Gasteiger partial charge in [0, 0.05) is 19.8 Å². The molecule has 108 valence electrons. The van der Waals surface area contributed by atoms with Crippen molar-refractivity contribution in [3.63, 3.8) is 0 Å². The molecule has 3 rings (SSSR count). The second kappa shape index (κ2) is 4.61. The highest BCUT2D eigenvalue weighted by molar-refractivity contribution is 6.08. The summed E-state index contributed by atoms with van der Waals surface area (Å²) < 4.78 is 1.68. The SMILES string of the molecule is Cc1nn(C)cc1N1C(=O)C2CCCCN2C(=O)C1C. The van der Waals surface area contributed by atoms with Gasteiger partial charge in [-0.3, -0.25) is 19.2 Å². The first-order valence-corrected chi connectivity index (χ1v) is 7.14. The van der Waals surface area contributed by atoms with Crippen LogP contribution in [0, 0.1) is 6.92 Å². The lowest BCUT2D eigenvalue weighted by atomic mass is 9.95. The first-order valence-electron chi connectivity index (χ1n) is 7.14. The van der Waals surface area contributed by atoms with E-state index < -0.39 is 6.04 Å². The number of piperidine rings is 1. The van der Waals surface area contributed by atoms with Crippen molar-refractivity contribution >= 4 is 17.5 Å². The zero-order valence-corrected chi connectivity index (χ0v) is 12.2. The minimum absolute atomic E-state index is 0.0351. The Hall–Kier alpha value is -1.85. The molecule has 2 amide bonds. The largest absolute Gasteiger partial charge is 0.329 e. The molecule has 0 saturated carbocycles. The van der Waals surface area contributed by atoms with Crippen LogP contribution in [-0.4, -0.2) is 45.1 Å². The van der Waals surface area contributed by atoms with E-state index >= 15 is 0 Å². The molecule has 1 aromatic rings. The molecule has 2 atom stereocenters. The van der Waals surface area contributed by atoms with E-state index in [2.05, 4.69) is 5.10 Å². The average molecular weight is 276 g/mol. The molecule has 2 aliphatic heterocycles. The summed E-state index contributed by atoms with van der Waals surface area (Å²) >= 11 is 0. The number of rotatable bonds is 1. The second-order valence-electron chi connectivity index (χ2n) is 5.70. The lowest BCUT2D eigenvalue weighted by Crippen LogP contribution is -2.65. The fourth-order valence-corrected chi connectivity index (χ4v) is 3.30. The van der Waals surface area contributed by atoms with Crippen LogP contribution in [0.25, 0.3) is 0 Å². The highest BCUT2D eigenvalue weighted by Crippen LogP contribution is 2.31. The molecule has 2 unspecified atom stereocenters. The maximum Gasteiger partial charge on any atom is 0.250 e. The van der Waals surface area contributed by atoms with Crippen LogP contribution in [0.3, 0.4) is 0 Å². The minimum Gasteiger partial charge on any atom is -0.329 e. The summed E-state index contributed by atoms with van der Waals surface area (Å²) in [6.45, 7) is 4.38. The summed E-state index contributed by atoms with van der Waals surface area (Å²) in [6, 6.07) is -0.730. The molecule has 2 saturated heterocycles. The van der Waals surface area contributed by atoms with Gasteiger partial charge in [0.2, 0.25) is 5.91 Å². The van der Waals surface area contributed by atoms with E-state index in [1.54, 1.807) is 21.4 Å². The number of hydrogen-bond donors (Lipinski definition) is 0. The zero-order valence-electron chi connectivity index (χ0n) is 12.2. The number of hydrogen-bond acceptors (Lipinski definition) is 3. The molecule has 2 aliphatic rings. The van der Waals surface area contributed by atoms with Gasteiger partial charge < -0.3 is 4.90 Å². The molecule has 0 bridgehead atoms. The minimum atomic E-state index is -0.445. The molecule has 0 aliphatic carbocycles. The molecular weight excluding hydrogens is 256 g/mol. The molecule has 1 aromatic heterocycles. The van der Waals surface area contributed by atoms with Gasteiger partial charge >= 0.3 is 0 Å². The van der Waals surface area contributed by atoms with E-state index in [-0.39, 0.29) is 17.9 Å². The normalized spacial score (nSPS) is 26.9. The van der Waals surface area contributed by atoms with E-state index in [4.69, 9.17) is 0 Å². The van der Waals surface area contributed by atoms with E-state index in [9.17, 15) is 9.59 Å². The van der Waals surface area contributed by atoms with E-state index in [0.717, 1.165) is 30.6 Å². The van der Waals surface area contributed by atoms with Gasteiger partial charge in [-0.15, -0.1) is 0 Å². The molecule has 0 aromatic carbocycles. The van der Waals surface area contributed by atoms with E-state index in [0.29, 0.717) is 6.54 Å². The predicted octanol–water partition coefficient (Wildman–Crippen LogP) is 0.845. The van der Waals surface area contributed by atoms with Crippen LogP contribution in [0.15, 0.2) is 6.20 Å². The maximum absolute atomic E-state index is 12.8. The van der Waals surface area contributed by atoms with Crippen molar-refractivity contribution in [3.8, 4) is 0 Å². The van der Waals surface area contributed by atoms with Crippen LogP contribution in [0.4, 0.5) is 5.69 Å². The number of carbonyl (C=O) groups excluding carboxylic acids is 2. The number of nitrogens with zero attached hydrogens (tertiary/aromatic N) is 4. The van der Waals surface area contributed by atoms with Crippen LogP contribution >= 0.6 is 0 Å². The Labute approximate surface area is 118 Å². The number of carbonyl (C=O) groups is 2. The Bertz CT molecular complexity index is 566. The summed E-state index contributed by atoms with van der Waals surface area (Å²) in [7, 11) is 1.82. The molecule has 2 fully saturated rings. The molecule has 6 nitrogen and oxygen atoms in total. The van der Waals surface area contributed by atoms with Crippen molar-refractivity contribution in [1.29, 1.82) is 0 Å². The Morgan fingerprint density at radius 3 is 2.65 bits per heavy atom. The van der Waals surface area contributed by atoms with Crippen LogP contribution in [0.5, 0.6) is 0 Å². The number of anilines is 1. The smallest absolute Gasteiger partial charge is 0.250 e. The highest BCUT2D eigenvalue weighted by atomic mass is 16.2. The van der Waals surface area contributed by atoms with Gasteiger partial charge in [-0.05, 0) is 33.1 Å². The Morgan fingerprint density at radius 2 is 2.00 bits per heavy atom. The summed E-state index contributed by atoms with van der Waals surface area (Å²) in [5.41, 5.74) is 1.54. The van der Waals surface area contributed by atoms with Gasteiger partial charge in [0.25, 0.3) is 5.91 Å². The lowest BCUT2D eigenvalue weighted by Gasteiger charge is -2.45. The number of aromatic nitrogens is 2. The molecule has 6 heteroatoms. The Kier molecular flexibility index (Phi) is 3.03. The number of piperazine rings is 1. The van der Waals surface area contributed by atoms with Crippen molar-refractivity contribution < 1.29 is 9.59 Å². The lowest BCUT2D eigenvalue weighted by molar-refractivity contribution is -0.147. The molecule has 0 N–H and O–H groups in total. The third-order valence-electron chi connectivity index (χ3n) is 4.30. The van der Waals surface area contributed by atoms with Gasteiger partial charge in [-0.1, -0.05) is 0 Å². The fraction of sp³-hybridized carbons (Fsp3) is 0.643. The summed E-state index contributed by atoms with van der Waals surface area (Å²) in [4.78, 5) is 28.7. The topological polar surface area (TPSA) is 58.4 Å². The maximum atomic E-state index is 12.8. The number of amides is 2. The highest BCUT2D eigenvalue weighted by Gasteiger charge is 2.45. The second-order valence-corrected chi connectivity index (χ2v) is 5.70. The summed E-state index contributed by atoms with van der Waals surface area (Å²) in [5, 5.41) is 4.28. The van der Waals surface area contributed by atoms with Crippen LogP contribution in [0.1, 0.15) is 31.9 Å². The summed E-state index contributed by atoms with van der Waals surface area (Å²) in [6.07, 6.45) is 4.59.